The first-order valence-corrected chi connectivity index (χ1v) is 6.48. The van der Waals surface area contributed by atoms with Crippen LogP contribution in [0, 0.1) is 18.6 Å². The van der Waals surface area contributed by atoms with Crippen molar-refractivity contribution in [2.75, 3.05) is 13.2 Å². The number of amides is 1. The van der Waals surface area contributed by atoms with Crippen molar-refractivity contribution in [3.8, 4) is 11.1 Å². The summed E-state index contributed by atoms with van der Waals surface area (Å²) in [4.78, 5) is 11.7. The zero-order valence-corrected chi connectivity index (χ0v) is 11.5. The third-order valence-electron chi connectivity index (χ3n) is 3.11. The fourth-order valence-corrected chi connectivity index (χ4v) is 2.08. The van der Waals surface area contributed by atoms with Crippen LogP contribution in [-0.4, -0.2) is 24.2 Å². The molecule has 3 nitrogen and oxygen atoms in total. The van der Waals surface area contributed by atoms with Gasteiger partial charge in [-0.3, -0.25) is 4.79 Å². The van der Waals surface area contributed by atoms with E-state index in [0.717, 1.165) is 6.07 Å². The van der Waals surface area contributed by atoms with Gasteiger partial charge in [-0.25, -0.2) is 8.78 Å². The Labute approximate surface area is 121 Å². The van der Waals surface area contributed by atoms with Crippen molar-refractivity contribution in [2.24, 2.45) is 0 Å². The quantitative estimate of drug-likeness (QED) is 0.910. The normalized spacial score (nSPS) is 10.5. The van der Waals surface area contributed by atoms with Gasteiger partial charge in [-0.05, 0) is 42.3 Å². The highest BCUT2D eigenvalue weighted by molar-refractivity contribution is 5.94. The highest BCUT2D eigenvalue weighted by atomic mass is 19.1. The smallest absolute Gasteiger partial charge is 0.251 e. The molecule has 0 aliphatic carbocycles. The maximum atomic E-state index is 14.2. The standard InChI is InChI=1S/C16H15F2NO2/c1-10-8-12(17)3-5-13(10)14-4-2-11(9-15(14)18)16(21)19-6-7-20/h2-5,8-9,20H,6-7H2,1H3,(H,19,21). The Hall–Kier alpha value is -2.27. The molecule has 0 unspecified atom stereocenters. The molecule has 110 valence electrons. The van der Waals surface area contributed by atoms with E-state index in [2.05, 4.69) is 5.32 Å². The van der Waals surface area contributed by atoms with Gasteiger partial charge in [0.2, 0.25) is 0 Å². The van der Waals surface area contributed by atoms with Crippen LogP contribution in [0.15, 0.2) is 36.4 Å². The molecule has 0 saturated heterocycles. The Morgan fingerprint density at radius 2 is 1.86 bits per heavy atom. The SMILES string of the molecule is Cc1cc(F)ccc1-c1ccc(C(=O)NCCO)cc1F. The summed E-state index contributed by atoms with van der Waals surface area (Å²) in [7, 11) is 0. The van der Waals surface area contributed by atoms with Crippen molar-refractivity contribution in [1.29, 1.82) is 0 Å². The summed E-state index contributed by atoms with van der Waals surface area (Å²) in [6.45, 7) is 1.63. The molecule has 0 fully saturated rings. The molecule has 2 aromatic rings. The summed E-state index contributed by atoms with van der Waals surface area (Å²) in [5.74, 6) is -1.39. The number of aliphatic hydroxyl groups is 1. The summed E-state index contributed by atoms with van der Waals surface area (Å²) in [6.07, 6.45) is 0. The molecule has 21 heavy (non-hydrogen) atoms. The number of halogens is 2. The second-order valence-corrected chi connectivity index (χ2v) is 4.63. The number of nitrogens with one attached hydrogen (secondary N) is 1. The molecule has 0 aliphatic rings. The van der Waals surface area contributed by atoms with Crippen molar-refractivity contribution < 1.29 is 18.7 Å². The first kappa shape index (κ1) is 15.1. The summed E-state index contributed by atoms with van der Waals surface area (Å²) >= 11 is 0. The average molecular weight is 291 g/mol. The van der Waals surface area contributed by atoms with E-state index >= 15 is 0 Å². The lowest BCUT2D eigenvalue weighted by atomic mass is 9.98. The molecule has 0 saturated carbocycles. The van der Waals surface area contributed by atoms with Crippen LogP contribution < -0.4 is 5.32 Å². The Kier molecular flexibility index (Phi) is 4.65. The zero-order valence-electron chi connectivity index (χ0n) is 11.5. The Morgan fingerprint density at radius 1 is 1.14 bits per heavy atom. The molecule has 0 radical (unpaired) electrons. The number of aryl methyl sites for hydroxylation is 1. The minimum atomic E-state index is -0.554. The number of hydrogen-bond acceptors (Lipinski definition) is 2. The van der Waals surface area contributed by atoms with Gasteiger partial charge in [-0.15, -0.1) is 0 Å². The molecular weight excluding hydrogens is 276 g/mol. The summed E-state index contributed by atoms with van der Waals surface area (Å²) in [5, 5.41) is 11.1. The van der Waals surface area contributed by atoms with Crippen molar-refractivity contribution in [1.82, 2.24) is 5.32 Å². The van der Waals surface area contributed by atoms with Crippen LogP contribution in [0.2, 0.25) is 0 Å². The lowest BCUT2D eigenvalue weighted by molar-refractivity contribution is 0.0944. The fourth-order valence-electron chi connectivity index (χ4n) is 2.08. The molecule has 2 rings (SSSR count). The monoisotopic (exact) mass is 291 g/mol. The molecule has 0 aromatic heterocycles. The van der Waals surface area contributed by atoms with Gasteiger partial charge in [0, 0.05) is 17.7 Å². The number of carbonyl (C=O) groups excluding carboxylic acids is 1. The third kappa shape index (κ3) is 3.44. The van der Waals surface area contributed by atoms with Crippen molar-refractivity contribution in [2.45, 2.75) is 6.92 Å². The largest absolute Gasteiger partial charge is 0.395 e. The van der Waals surface area contributed by atoms with E-state index in [1.54, 1.807) is 6.92 Å². The van der Waals surface area contributed by atoms with E-state index in [1.807, 2.05) is 0 Å². The number of hydrogen-bond donors (Lipinski definition) is 2. The first-order chi connectivity index (χ1) is 10.0. The lowest BCUT2D eigenvalue weighted by Crippen LogP contribution is -2.26. The van der Waals surface area contributed by atoms with Gasteiger partial charge in [0.15, 0.2) is 0 Å². The maximum absolute atomic E-state index is 14.2. The molecule has 2 N–H and O–H groups in total. The van der Waals surface area contributed by atoms with Crippen LogP contribution in [0.5, 0.6) is 0 Å². The van der Waals surface area contributed by atoms with Gasteiger partial charge in [0.05, 0.1) is 6.61 Å². The lowest BCUT2D eigenvalue weighted by Gasteiger charge is -2.09. The van der Waals surface area contributed by atoms with Gasteiger partial charge in [-0.2, -0.15) is 0 Å². The minimum Gasteiger partial charge on any atom is -0.395 e. The Morgan fingerprint density at radius 3 is 2.48 bits per heavy atom. The topological polar surface area (TPSA) is 49.3 Å². The molecule has 0 bridgehead atoms. The highest BCUT2D eigenvalue weighted by Crippen LogP contribution is 2.27. The minimum absolute atomic E-state index is 0.110. The van der Waals surface area contributed by atoms with Crippen LogP contribution in [0.1, 0.15) is 15.9 Å². The number of aliphatic hydroxyl groups excluding tert-OH is 1. The molecule has 0 spiro atoms. The van der Waals surface area contributed by atoms with E-state index in [1.165, 1.54) is 30.3 Å². The fraction of sp³-hybridized carbons (Fsp3) is 0.188. The maximum Gasteiger partial charge on any atom is 0.251 e. The molecule has 2 aromatic carbocycles. The van der Waals surface area contributed by atoms with Crippen molar-refractivity contribution in [3.05, 3.63) is 59.2 Å². The summed E-state index contributed by atoms with van der Waals surface area (Å²) in [5.41, 5.74) is 1.68. The van der Waals surface area contributed by atoms with Gasteiger partial charge in [-0.1, -0.05) is 12.1 Å². The number of carbonyl (C=O) groups is 1. The number of rotatable bonds is 4. The van der Waals surface area contributed by atoms with Crippen LogP contribution in [0.25, 0.3) is 11.1 Å². The second-order valence-electron chi connectivity index (χ2n) is 4.63. The average Bonchev–Trinajstić information content (AvgIpc) is 2.45. The molecule has 5 heteroatoms. The van der Waals surface area contributed by atoms with Gasteiger partial charge in [0.1, 0.15) is 11.6 Å². The van der Waals surface area contributed by atoms with Crippen LogP contribution in [0.4, 0.5) is 8.78 Å². The van der Waals surface area contributed by atoms with Gasteiger partial charge < -0.3 is 10.4 Å². The molecule has 0 aliphatic heterocycles. The van der Waals surface area contributed by atoms with E-state index in [9.17, 15) is 13.6 Å². The first-order valence-electron chi connectivity index (χ1n) is 6.48. The van der Waals surface area contributed by atoms with Crippen molar-refractivity contribution >= 4 is 5.91 Å². The van der Waals surface area contributed by atoms with Crippen molar-refractivity contribution in [3.63, 3.8) is 0 Å². The zero-order chi connectivity index (χ0) is 15.4. The molecule has 0 atom stereocenters. The highest BCUT2D eigenvalue weighted by Gasteiger charge is 2.12. The summed E-state index contributed by atoms with van der Waals surface area (Å²) in [6, 6.07) is 8.22. The van der Waals surface area contributed by atoms with Gasteiger partial charge in [0.25, 0.3) is 5.91 Å². The third-order valence-corrected chi connectivity index (χ3v) is 3.11. The number of benzene rings is 2. The Balaban J connectivity index is 2.33. The predicted octanol–water partition coefficient (Wildman–Crippen LogP) is 2.66. The molecular formula is C16H15F2NO2. The van der Waals surface area contributed by atoms with E-state index < -0.39 is 11.7 Å². The predicted molar refractivity (Wildman–Crippen MR) is 76.0 cm³/mol. The van der Waals surface area contributed by atoms with Gasteiger partial charge >= 0.3 is 0 Å². The molecule has 0 heterocycles. The summed E-state index contributed by atoms with van der Waals surface area (Å²) < 4.78 is 27.3. The van der Waals surface area contributed by atoms with Crippen LogP contribution in [0.3, 0.4) is 0 Å². The second kappa shape index (κ2) is 6.45. The molecule has 1 amide bonds. The van der Waals surface area contributed by atoms with Crippen LogP contribution >= 0.6 is 0 Å². The van der Waals surface area contributed by atoms with E-state index in [-0.39, 0.29) is 24.5 Å². The van der Waals surface area contributed by atoms with Crippen LogP contribution in [-0.2, 0) is 0 Å². The van der Waals surface area contributed by atoms with E-state index in [4.69, 9.17) is 5.11 Å². The van der Waals surface area contributed by atoms with E-state index in [0.29, 0.717) is 16.7 Å². The Bertz CT molecular complexity index is 671.